The van der Waals surface area contributed by atoms with Crippen molar-refractivity contribution in [1.82, 2.24) is 14.9 Å². The number of benzene rings is 1. The molecule has 0 spiro atoms. The zero-order valence-electron chi connectivity index (χ0n) is 10.9. The summed E-state index contributed by atoms with van der Waals surface area (Å²) in [5, 5.41) is 12.3. The van der Waals surface area contributed by atoms with E-state index in [1.54, 1.807) is 29.1 Å². The second kappa shape index (κ2) is 6.27. The third-order valence-electron chi connectivity index (χ3n) is 3.20. The first-order chi connectivity index (χ1) is 10.2. The van der Waals surface area contributed by atoms with E-state index in [0.717, 1.165) is 19.4 Å². The Kier molecular flexibility index (Phi) is 4.40. The first-order valence-corrected chi connectivity index (χ1v) is 7.60. The van der Waals surface area contributed by atoms with Crippen molar-refractivity contribution in [1.29, 1.82) is 0 Å². The van der Waals surface area contributed by atoms with E-state index in [-0.39, 0.29) is 6.10 Å². The summed E-state index contributed by atoms with van der Waals surface area (Å²) in [6.45, 7) is 0.727. The molecule has 0 aliphatic carbocycles. The zero-order valence-corrected chi connectivity index (χ0v) is 13.3. The van der Waals surface area contributed by atoms with Crippen molar-refractivity contribution in [3.63, 3.8) is 0 Å². The number of ether oxygens (including phenoxy) is 1. The molecule has 1 saturated heterocycles. The molecule has 3 rings (SSSR count). The fourth-order valence-electron chi connectivity index (χ4n) is 2.15. The molecule has 1 aromatic heterocycles. The van der Waals surface area contributed by atoms with Crippen LogP contribution in [-0.4, -0.2) is 27.7 Å². The lowest BCUT2D eigenvalue weighted by Gasteiger charge is -2.07. The van der Waals surface area contributed by atoms with Crippen LogP contribution in [0, 0.1) is 4.77 Å². The minimum Gasteiger partial charge on any atom is -0.370 e. The van der Waals surface area contributed by atoms with Crippen molar-refractivity contribution >= 4 is 41.6 Å². The van der Waals surface area contributed by atoms with Gasteiger partial charge in [0.05, 0.1) is 16.3 Å². The number of nitrogens with zero attached hydrogens (tertiary/aromatic N) is 3. The highest BCUT2D eigenvalue weighted by atomic mass is 35.5. The summed E-state index contributed by atoms with van der Waals surface area (Å²) >= 11 is 17.4. The maximum absolute atomic E-state index is 6.12. The van der Waals surface area contributed by atoms with Gasteiger partial charge in [0.2, 0.25) is 4.77 Å². The molecule has 110 valence electrons. The van der Waals surface area contributed by atoms with Crippen LogP contribution in [0.5, 0.6) is 0 Å². The number of hydrogen-bond acceptors (Lipinski definition) is 4. The van der Waals surface area contributed by atoms with Crippen LogP contribution < -0.4 is 0 Å². The third-order valence-corrected chi connectivity index (χ3v) is 4.12. The van der Waals surface area contributed by atoms with Gasteiger partial charge in [0.1, 0.15) is 6.10 Å². The van der Waals surface area contributed by atoms with Gasteiger partial charge in [-0.25, -0.2) is 0 Å². The molecule has 0 saturated carbocycles. The van der Waals surface area contributed by atoms with Gasteiger partial charge in [-0.15, -0.1) is 0 Å². The van der Waals surface area contributed by atoms with E-state index in [1.165, 1.54) is 0 Å². The van der Waals surface area contributed by atoms with Crippen molar-refractivity contribution in [3.05, 3.63) is 44.4 Å². The summed E-state index contributed by atoms with van der Waals surface area (Å²) in [5.41, 5.74) is 0.641. The molecular weight excluding hydrogens is 331 g/mol. The van der Waals surface area contributed by atoms with E-state index < -0.39 is 0 Å². The molecule has 1 fully saturated rings. The van der Waals surface area contributed by atoms with Crippen molar-refractivity contribution in [3.8, 4) is 0 Å². The first kappa shape index (κ1) is 14.7. The van der Waals surface area contributed by atoms with Gasteiger partial charge in [0.15, 0.2) is 5.82 Å². The number of halogens is 2. The molecule has 1 atom stereocenters. The number of nitrogens with one attached hydrogen (secondary N) is 1. The molecule has 8 heteroatoms. The summed E-state index contributed by atoms with van der Waals surface area (Å²) in [6, 6.07) is 5.29. The molecule has 5 nitrogen and oxygen atoms in total. The monoisotopic (exact) mass is 342 g/mol. The van der Waals surface area contributed by atoms with Crippen LogP contribution >= 0.6 is 35.4 Å². The van der Waals surface area contributed by atoms with Crippen molar-refractivity contribution < 1.29 is 4.74 Å². The minimum atomic E-state index is -0.0863. The lowest BCUT2D eigenvalue weighted by atomic mass is 10.2. The van der Waals surface area contributed by atoms with Crippen molar-refractivity contribution in [2.45, 2.75) is 18.9 Å². The van der Waals surface area contributed by atoms with E-state index in [4.69, 9.17) is 40.2 Å². The summed E-state index contributed by atoms with van der Waals surface area (Å²) in [4.78, 5) is 0. The minimum absolute atomic E-state index is 0.0863. The Morgan fingerprint density at radius 2 is 2.19 bits per heavy atom. The summed E-state index contributed by atoms with van der Waals surface area (Å²) in [5.74, 6) is 0.664. The number of hydrogen-bond donors (Lipinski definition) is 1. The van der Waals surface area contributed by atoms with E-state index in [9.17, 15) is 0 Å². The van der Waals surface area contributed by atoms with Gasteiger partial charge in [-0.1, -0.05) is 29.3 Å². The maximum atomic E-state index is 6.12. The Hall–Kier alpha value is -1.21. The van der Waals surface area contributed by atoms with Crippen LogP contribution in [0.3, 0.4) is 0 Å². The summed E-state index contributed by atoms with van der Waals surface area (Å²) < 4.78 is 7.57. The molecular formula is C13H12Cl2N4OS. The Morgan fingerprint density at radius 1 is 1.43 bits per heavy atom. The highest BCUT2D eigenvalue weighted by Crippen LogP contribution is 2.27. The quantitative estimate of drug-likeness (QED) is 0.677. The molecule has 1 N–H and O–H groups in total. The average molecular weight is 343 g/mol. The molecule has 1 aliphatic heterocycles. The molecule has 1 aliphatic rings. The zero-order chi connectivity index (χ0) is 14.8. The molecule has 2 heterocycles. The van der Waals surface area contributed by atoms with Gasteiger partial charge < -0.3 is 4.74 Å². The lowest BCUT2D eigenvalue weighted by molar-refractivity contribution is 0.102. The van der Waals surface area contributed by atoms with E-state index in [1.807, 2.05) is 0 Å². The molecule has 0 unspecified atom stereocenters. The van der Waals surface area contributed by atoms with Crippen molar-refractivity contribution in [2.75, 3.05) is 6.61 Å². The van der Waals surface area contributed by atoms with Crippen LogP contribution in [0.25, 0.3) is 0 Å². The van der Waals surface area contributed by atoms with Crippen molar-refractivity contribution in [2.24, 2.45) is 5.10 Å². The van der Waals surface area contributed by atoms with Crippen LogP contribution in [0.15, 0.2) is 23.3 Å². The van der Waals surface area contributed by atoms with Crippen LogP contribution in [-0.2, 0) is 4.74 Å². The van der Waals surface area contributed by atoms with Gasteiger partial charge in [0.25, 0.3) is 0 Å². The molecule has 0 bridgehead atoms. The van der Waals surface area contributed by atoms with Crippen LogP contribution in [0.2, 0.25) is 10.0 Å². The maximum Gasteiger partial charge on any atom is 0.216 e. The Labute approximate surface area is 136 Å². The van der Waals surface area contributed by atoms with Crippen LogP contribution in [0.1, 0.15) is 30.3 Å². The average Bonchev–Trinajstić information content (AvgIpc) is 3.08. The molecule has 21 heavy (non-hydrogen) atoms. The third kappa shape index (κ3) is 3.03. The summed E-state index contributed by atoms with van der Waals surface area (Å²) in [7, 11) is 0. The second-order valence-electron chi connectivity index (χ2n) is 4.58. The van der Waals surface area contributed by atoms with Gasteiger partial charge >= 0.3 is 0 Å². The lowest BCUT2D eigenvalue weighted by Crippen LogP contribution is -2.05. The fourth-order valence-corrected chi connectivity index (χ4v) is 2.84. The molecule has 2 aromatic rings. The fraction of sp³-hybridized carbons (Fsp3) is 0.308. The number of H-pyrrole nitrogens is 1. The first-order valence-electron chi connectivity index (χ1n) is 6.44. The topological polar surface area (TPSA) is 55.2 Å². The molecule has 0 amide bonds. The van der Waals surface area contributed by atoms with Gasteiger partial charge in [0, 0.05) is 12.2 Å². The molecule has 0 radical (unpaired) electrons. The molecule has 1 aromatic carbocycles. The van der Waals surface area contributed by atoms with Crippen LogP contribution in [0.4, 0.5) is 0 Å². The SMILES string of the molecule is S=c1[nH]nc([C@@H]2CCCO2)n1/N=C\c1c(Cl)cccc1Cl. The van der Waals surface area contributed by atoms with E-state index >= 15 is 0 Å². The largest absolute Gasteiger partial charge is 0.370 e. The number of aromatic nitrogens is 3. The second-order valence-corrected chi connectivity index (χ2v) is 5.78. The van der Waals surface area contributed by atoms with Gasteiger partial charge in [-0.05, 0) is 37.2 Å². The Morgan fingerprint density at radius 3 is 2.86 bits per heavy atom. The Bertz CT molecular complexity index is 714. The number of rotatable bonds is 3. The van der Waals surface area contributed by atoms with Gasteiger partial charge in [-0.3, -0.25) is 5.10 Å². The Balaban J connectivity index is 1.96. The highest BCUT2D eigenvalue weighted by Gasteiger charge is 2.23. The smallest absolute Gasteiger partial charge is 0.216 e. The highest BCUT2D eigenvalue weighted by molar-refractivity contribution is 7.71. The predicted octanol–water partition coefficient (Wildman–Crippen LogP) is 3.98. The van der Waals surface area contributed by atoms with E-state index in [2.05, 4.69) is 15.3 Å². The summed E-state index contributed by atoms with van der Waals surface area (Å²) in [6.07, 6.45) is 3.40. The number of aromatic amines is 1. The van der Waals surface area contributed by atoms with E-state index in [0.29, 0.717) is 26.2 Å². The normalized spacial score (nSPS) is 18.7. The predicted molar refractivity (Wildman–Crippen MR) is 84.8 cm³/mol. The standard InChI is InChI=1S/C13H12Cl2N4OS/c14-9-3-1-4-10(15)8(9)7-16-19-12(17-18-13(19)21)11-5-2-6-20-11/h1,3-4,7,11H,2,5-6H2,(H,18,21)/b16-7-/t11-/m0/s1. The van der Waals surface area contributed by atoms with Gasteiger partial charge in [-0.2, -0.15) is 14.9 Å².